The highest BCUT2D eigenvalue weighted by Gasteiger charge is 2.53. The van der Waals surface area contributed by atoms with Crippen LogP contribution in [0, 0.1) is 0 Å². The van der Waals surface area contributed by atoms with Gasteiger partial charge in [0.15, 0.2) is 23.0 Å². The van der Waals surface area contributed by atoms with Crippen LogP contribution in [0.3, 0.4) is 0 Å². The molecule has 0 saturated heterocycles. The summed E-state index contributed by atoms with van der Waals surface area (Å²) >= 11 is 0. The third kappa shape index (κ3) is 6.20. The number of rotatable bonds is 7. The van der Waals surface area contributed by atoms with Gasteiger partial charge in [0.25, 0.3) is 0 Å². The molecular weight excluding hydrogens is 935 g/mol. The number of ether oxygens (including phenoxy) is 2. The van der Waals surface area contributed by atoms with Gasteiger partial charge in [-0.2, -0.15) is 0 Å². The molecule has 0 N–H and O–H groups in total. The molecule has 0 radical (unpaired) electrons. The van der Waals surface area contributed by atoms with Crippen molar-refractivity contribution < 1.29 is 9.47 Å². The molecule has 3 nitrogen and oxygen atoms in total. The van der Waals surface area contributed by atoms with Gasteiger partial charge in [0.05, 0.1) is 10.8 Å². The lowest BCUT2D eigenvalue weighted by Crippen LogP contribution is -2.28. The topological polar surface area (TPSA) is 21.7 Å². The minimum absolute atomic E-state index is 0.477. The second-order valence-electron chi connectivity index (χ2n) is 20.9. The molecule has 0 amide bonds. The molecule has 0 bridgehead atoms. The van der Waals surface area contributed by atoms with Crippen LogP contribution in [0.1, 0.15) is 62.9 Å². The highest BCUT2D eigenvalue weighted by molar-refractivity contribution is 5.99. The van der Waals surface area contributed by atoms with Gasteiger partial charge in [0.1, 0.15) is 0 Å². The van der Waals surface area contributed by atoms with Crippen LogP contribution in [0.15, 0.2) is 279 Å². The van der Waals surface area contributed by atoms with E-state index in [1.165, 1.54) is 94.7 Å². The molecule has 362 valence electrons. The number of benzene rings is 11. The van der Waals surface area contributed by atoms with Gasteiger partial charge >= 0.3 is 0 Å². The normalized spacial score (nSPS) is 15.0. The highest BCUT2D eigenvalue weighted by atomic mass is 16.6. The maximum absolute atomic E-state index is 7.31. The van der Waals surface area contributed by atoms with Crippen molar-refractivity contribution in [2.24, 2.45) is 0 Å². The van der Waals surface area contributed by atoms with E-state index in [9.17, 15) is 0 Å². The number of hydrogen-bond acceptors (Lipinski definition) is 3. The van der Waals surface area contributed by atoms with Gasteiger partial charge in [-0.3, -0.25) is 0 Å². The highest BCUT2D eigenvalue weighted by Crippen LogP contribution is 2.67. The maximum Gasteiger partial charge on any atom is 0.178 e. The Kier molecular flexibility index (Phi) is 9.59. The quantitative estimate of drug-likeness (QED) is 0.159. The summed E-state index contributed by atoms with van der Waals surface area (Å²) in [7, 11) is 0. The summed E-state index contributed by atoms with van der Waals surface area (Å²) in [4.78, 5) is 2.42. The molecule has 0 saturated carbocycles. The Morgan fingerprint density at radius 2 is 0.844 bits per heavy atom. The van der Waals surface area contributed by atoms with Crippen LogP contribution in [0.2, 0.25) is 0 Å². The molecule has 16 rings (SSSR count). The lowest BCUT2D eigenvalue weighted by Gasteiger charge is -2.34. The summed E-state index contributed by atoms with van der Waals surface area (Å²) < 4.78 is 14.2. The van der Waals surface area contributed by atoms with E-state index < -0.39 is 10.8 Å². The summed E-state index contributed by atoms with van der Waals surface area (Å²) in [5, 5.41) is 0. The Morgan fingerprint density at radius 1 is 0.338 bits per heavy atom. The van der Waals surface area contributed by atoms with Crippen molar-refractivity contribution in [3.05, 3.63) is 329 Å². The molecule has 0 fully saturated rings. The Bertz CT molecular complexity index is 4180. The van der Waals surface area contributed by atoms with Crippen LogP contribution in [0.4, 0.5) is 11.4 Å². The molecule has 0 unspecified atom stereocenters. The minimum atomic E-state index is -0.490. The van der Waals surface area contributed by atoms with Gasteiger partial charge in [-0.25, -0.2) is 0 Å². The van der Waals surface area contributed by atoms with E-state index >= 15 is 0 Å². The van der Waals surface area contributed by atoms with E-state index in [4.69, 9.17) is 9.47 Å². The molecule has 0 atom stereocenters. The SMILES string of the molecule is C1=C(c2ccccc2)C=C(N(c2ccc(-c3cccc4c3-c3ccccc3C4(c3ccccc3)c3ccccc3)cc2)c2ccc3c(c2)Oc2c(ccc4c2-c2ccccc2C42c4ccccc4-c4ccccc42)O3)CC1. The van der Waals surface area contributed by atoms with Gasteiger partial charge in [0, 0.05) is 28.7 Å². The first-order valence-electron chi connectivity index (χ1n) is 26.9. The Balaban J connectivity index is 0.828. The van der Waals surface area contributed by atoms with Crippen LogP contribution in [0.5, 0.6) is 23.0 Å². The first-order chi connectivity index (χ1) is 38.2. The van der Waals surface area contributed by atoms with Crippen molar-refractivity contribution in [3.8, 4) is 67.5 Å². The Morgan fingerprint density at radius 3 is 1.51 bits per heavy atom. The van der Waals surface area contributed by atoms with Crippen molar-refractivity contribution in [3.63, 3.8) is 0 Å². The lowest BCUT2D eigenvalue weighted by atomic mass is 9.67. The first kappa shape index (κ1) is 43.7. The first-order valence-corrected chi connectivity index (χ1v) is 26.9. The van der Waals surface area contributed by atoms with Crippen molar-refractivity contribution in [1.82, 2.24) is 0 Å². The van der Waals surface area contributed by atoms with Crippen molar-refractivity contribution in [2.45, 2.75) is 23.7 Å². The summed E-state index contributed by atoms with van der Waals surface area (Å²) in [5.74, 6) is 2.85. The molecule has 1 aliphatic heterocycles. The maximum atomic E-state index is 7.31. The van der Waals surface area contributed by atoms with E-state index in [1.54, 1.807) is 0 Å². The summed E-state index contributed by atoms with van der Waals surface area (Å²) in [5.41, 5.74) is 24.7. The van der Waals surface area contributed by atoms with Crippen LogP contribution < -0.4 is 14.4 Å². The molecule has 11 aromatic carbocycles. The van der Waals surface area contributed by atoms with E-state index in [1.807, 2.05) is 0 Å². The van der Waals surface area contributed by atoms with Crippen molar-refractivity contribution >= 4 is 16.9 Å². The van der Waals surface area contributed by atoms with Crippen LogP contribution >= 0.6 is 0 Å². The van der Waals surface area contributed by atoms with E-state index in [0.717, 1.165) is 46.8 Å². The van der Waals surface area contributed by atoms with E-state index in [0.29, 0.717) is 11.5 Å². The average molecular weight is 984 g/mol. The Labute approximate surface area is 449 Å². The fourth-order valence-corrected chi connectivity index (χ4v) is 14.0. The number of anilines is 2. The molecule has 1 heterocycles. The zero-order chi connectivity index (χ0) is 50.7. The number of nitrogens with zero attached hydrogens (tertiary/aromatic N) is 1. The minimum Gasteiger partial charge on any atom is -0.449 e. The largest absolute Gasteiger partial charge is 0.449 e. The van der Waals surface area contributed by atoms with Crippen LogP contribution in [-0.2, 0) is 10.8 Å². The molecule has 77 heavy (non-hydrogen) atoms. The molecular formula is C74H49NO2. The van der Waals surface area contributed by atoms with Crippen molar-refractivity contribution in [2.75, 3.05) is 4.90 Å². The van der Waals surface area contributed by atoms with E-state index in [-0.39, 0.29) is 0 Å². The molecule has 4 aliphatic carbocycles. The zero-order valence-corrected chi connectivity index (χ0v) is 42.2. The number of hydrogen-bond donors (Lipinski definition) is 0. The van der Waals surface area contributed by atoms with E-state index in [2.05, 4.69) is 278 Å². The third-order valence-electron chi connectivity index (χ3n) is 17.1. The predicted molar refractivity (Wildman–Crippen MR) is 312 cm³/mol. The van der Waals surface area contributed by atoms with Gasteiger partial charge in [0.2, 0.25) is 0 Å². The fourth-order valence-electron chi connectivity index (χ4n) is 14.0. The fraction of sp³-hybridized carbons (Fsp3) is 0.0541. The predicted octanol–water partition coefficient (Wildman–Crippen LogP) is 18.9. The second kappa shape index (κ2) is 16.9. The van der Waals surface area contributed by atoms with Crippen molar-refractivity contribution in [1.29, 1.82) is 0 Å². The van der Waals surface area contributed by atoms with Gasteiger partial charge in [-0.15, -0.1) is 0 Å². The average Bonchev–Trinajstić information content (AvgIpc) is 3.77. The van der Waals surface area contributed by atoms with Gasteiger partial charge in [-0.1, -0.05) is 231 Å². The Hall–Kier alpha value is -9.70. The molecule has 3 heteroatoms. The summed E-state index contributed by atoms with van der Waals surface area (Å²) in [6.45, 7) is 0. The number of fused-ring (bicyclic) bond motifs is 16. The van der Waals surface area contributed by atoms with Crippen LogP contribution in [0.25, 0.3) is 50.1 Å². The van der Waals surface area contributed by atoms with Crippen LogP contribution in [-0.4, -0.2) is 0 Å². The van der Waals surface area contributed by atoms with Gasteiger partial charge < -0.3 is 14.4 Å². The molecule has 5 aliphatic rings. The van der Waals surface area contributed by atoms with Gasteiger partial charge in [-0.05, 0) is 144 Å². The second-order valence-corrected chi connectivity index (χ2v) is 20.9. The molecule has 0 aromatic heterocycles. The zero-order valence-electron chi connectivity index (χ0n) is 42.2. The summed E-state index contributed by atoms with van der Waals surface area (Å²) in [6.07, 6.45) is 6.52. The number of allylic oxidation sites excluding steroid dienone is 4. The third-order valence-corrected chi connectivity index (χ3v) is 17.1. The monoisotopic (exact) mass is 983 g/mol. The molecule has 1 spiro atoms. The standard InChI is InChI=1S/C74H49NO2/c1-4-20-48(21-5-1)50-22-18-27-54(46-50)75(53-40-38-49(39-41-53)56-32-19-37-65-70(56)59-30-12-16-35-63(59)73(65,51-23-6-2-7-24-51)52-25-8-3-9-26-52)55-42-44-67-69(47-55)77-72-68(76-67)45-43-66-71(72)60-31-13-17-36-64(60)74(66)61-33-14-10-28-57(61)58-29-11-15-34-62(58)74/h1-17,19-26,28-47H,18,27H2. The lowest BCUT2D eigenvalue weighted by molar-refractivity contribution is 0.360. The smallest absolute Gasteiger partial charge is 0.178 e. The molecule has 11 aromatic rings. The summed E-state index contributed by atoms with van der Waals surface area (Å²) in [6, 6.07) is 95.5.